The largest absolute Gasteiger partial charge is 0.256 e. The molecule has 0 saturated heterocycles. The van der Waals surface area contributed by atoms with Gasteiger partial charge in [-0.2, -0.15) is 0 Å². The number of imidazole rings is 1. The Kier molecular flexibility index (Phi) is 21.1. The SMILES string of the molecule is CCCCCCCCCCCCc1n(CCCCCCCC)cc[n+]1CCCCCCCC. The fraction of sp³-hybridized carbons (Fsp3) is 0.903. The third-order valence-electron chi connectivity index (χ3n) is 7.35. The molecule has 0 amide bonds. The number of rotatable bonds is 25. The second kappa shape index (κ2) is 23.0. The predicted molar refractivity (Wildman–Crippen MR) is 147 cm³/mol. The van der Waals surface area contributed by atoms with E-state index in [0.717, 1.165) is 0 Å². The fourth-order valence-corrected chi connectivity index (χ4v) is 5.09. The van der Waals surface area contributed by atoms with Crippen LogP contribution in [0.2, 0.25) is 0 Å². The van der Waals surface area contributed by atoms with Crippen molar-refractivity contribution in [1.82, 2.24) is 4.57 Å². The molecule has 0 spiro atoms. The first kappa shape index (κ1) is 30.2. The van der Waals surface area contributed by atoms with Crippen LogP contribution in [0.15, 0.2) is 12.4 Å². The maximum atomic E-state index is 2.60. The molecule has 0 aromatic carbocycles. The van der Waals surface area contributed by atoms with E-state index in [2.05, 4.69) is 42.3 Å². The van der Waals surface area contributed by atoms with E-state index in [1.54, 1.807) is 5.82 Å². The standard InChI is InChI=1S/C31H61N2/c1-4-7-10-13-16-17-18-19-20-23-26-31-32(27-24-21-14-11-8-5-2)29-30-33(31)28-25-22-15-12-9-6-3/h29-30H,4-28H2,1-3H3/q+1. The smallest absolute Gasteiger partial charge is 0.234 e. The predicted octanol–water partition coefficient (Wildman–Crippen LogP) is 9.96. The molecule has 1 rings (SSSR count). The lowest BCUT2D eigenvalue weighted by molar-refractivity contribution is -0.704. The van der Waals surface area contributed by atoms with Crippen molar-refractivity contribution in [2.75, 3.05) is 0 Å². The fourth-order valence-electron chi connectivity index (χ4n) is 5.09. The highest BCUT2D eigenvalue weighted by Crippen LogP contribution is 2.13. The highest BCUT2D eigenvalue weighted by Gasteiger charge is 2.16. The summed E-state index contributed by atoms with van der Waals surface area (Å²) < 4.78 is 5.20. The summed E-state index contributed by atoms with van der Waals surface area (Å²) in [6, 6.07) is 0. The molecule has 0 aliphatic carbocycles. The second-order valence-corrected chi connectivity index (χ2v) is 10.6. The molecule has 0 aliphatic rings. The van der Waals surface area contributed by atoms with Gasteiger partial charge in [0.1, 0.15) is 12.4 Å². The van der Waals surface area contributed by atoms with Crippen LogP contribution in [-0.4, -0.2) is 4.57 Å². The van der Waals surface area contributed by atoms with Crippen molar-refractivity contribution in [3.63, 3.8) is 0 Å². The lowest BCUT2D eigenvalue weighted by Crippen LogP contribution is -2.37. The molecule has 2 nitrogen and oxygen atoms in total. The Morgan fingerprint density at radius 3 is 1.45 bits per heavy atom. The minimum Gasteiger partial charge on any atom is -0.234 e. The van der Waals surface area contributed by atoms with Gasteiger partial charge >= 0.3 is 0 Å². The summed E-state index contributed by atoms with van der Waals surface area (Å²) in [4.78, 5) is 0. The molecule has 0 atom stereocenters. The minimum absolute atomic E-state index is 1.22. The highest BCUT2D eigenvalue weighted by molar-refractivity contribution is 4.84. The van der Waals surface area contributed by atoms with Gasteiger partial charge in [-0.1, -0.05) is 130 Å². The molecule has 1 aromatic heterocycles. The minimum atomic E-state index is 1.22. The number of unbranched alkanes of at least 4 members (excludes halogenated alkanes) is 19. The number of aryl methyl sites for hydroxylation is 2. The van der Waals surface area contributed by atoms with Crippen molar-refractivity contribution in [3.05, 3.63) is 18.2 Å². The van der Waals surface area contributed by atoms with Crippen LogP contribution in [0.1, 0.15) is 168 Å². The summed E-state index contributed by atoms with van der Waals surface area (Å²) in [5, 5.41) is 0. The Morgan fingerprint density at radius 2 is 0.939 bits per heavy atom. The lowest BCUT2D eigenvalue weighted by atomic mass is 10.1. The topological polar surface area (TPSA) is 8.81 Å². The van der Waals surface area contributed by atoms with Crippen molar-refractivity contribution in [3.8, 4) is 0 Å². The molecule has 0 fully saturated rings. The number of nitrogens with zero attached hydrogens (tertiary/aromatic N) is 2. The highest BCUT2D eigenvalue weighted by atomic mass is 15.1. The van der Waals surface area contributed by atoms with Gasteiger partial charge in [-0.15, -0.1) is 0 Å². The second-order valence-electron chi connectivity index (χ2n) is 10.6. The summed E-state index contributed by atoms with van der Waals surface area (Å²) in [5.41, 5.74) is 0. The molecule has 0 N–H and O–H groups in total. The maximum Gasteiger partial charge on any atom is 0.256 e. The molecule has 0 saturated carbocycles. The first-order valence-corrected chi connectivity index (χ1v) is 15.4. The zero-order valence-electron chi connectivity index (χ0n) is 23.2. The van der Waals surface area contributed by atoms with Gasteiger partial charge in [0, 0.05) is 6.42 Å². The Bertz CT molecular complexity index is 485. The first-order valence-electron chi connectivity index (χ1n) is 15.4. The molecule has 1 heterocycles. The third kappa shape index (κ3) is 16.5. The van der Waals surface area contributed by atoms with Crippen molar-refractivity contribution in [1.29, 1.82) is 0 Å². The molecule has 194 valence electrons. The van der Waals surface area contributed by atoms with E-state index < -0.39 is 0 Å². The van der Waals surface area contributed by atoms with Crippen LogP contribution in [0.5, 0.6) is 0 Å². The molecular formula is C31H61N2+. The lowest BCUT2D eigenvalue weighted by Gasteiger charge is -2.07. The average Bonchev–Trinajstić information content (AvgIpc) is 3.21. The Morgan fingerprint density at radius 1 is 0.515 bits per heavy atom. The van der Waals surface area contributed by atoms with Crippen LogP contribution in [0.25, 0.3) is 0 Å². The van der Waals surface area contributed by atoms with Crippen LogP contribution in [0.3, 0.4) is 0 Å². The summed E-state index contributed by atoms with van der Waals surface area (Å²) >= 11 is 0. The number of hydrogen-bond acceptors (Lipinski definition) is 0. The van der Waals surface area contributed by atoms with Gasteiger partial charge in [-0.3, -0.25) is 0 Å². The van der Waals surface area contributed by atoms with Gasteiger partial charge in [0.15, 0.2) is 0 Å². The Balaban J connectivity index is 2.36. The quantitative estimate of drug-likeness (QED) is 0.101. The van der Waals surface area contributed by atoms with Crippen LogP contribution in [0, 0.1) is 0 Å². The van der Waals surface area contributed by atoms with Crippen LogP contribution in [0.4, 0.5) is 0 Å². The molecule has 0 bridgehead atoms. The van der Waals surface area contributed by atoms with Gasteiger partial charge < -0.3 is 0 Å². The first-order chi connectivity index (χ1) is 16.3. The van der Waals surface area contributed by atoms with Crippen LogP contribution >= 0.6 is 0 Å². The summed E-state index contributed by atoms with van der Waals surface area (Å²) in [6.07, 6.45) is 37.0. The van der Waals surface area contributed by atoms with E-state index in [9.17, 15) is 0 Å². The van der Waals surface area contributed by atoms with Gasteiger partial charge in [0.2, 0.25) is 0 Å². The molecule has 1 aromatic rings. The van der Waals surface area contributed by atoms with Gasteiger partial charge in [-0.25, -0.2) is 9.13 Å². The molecule has 2 heteroatoms. The van der Waals surface area contributed by atoms with Gasteiger partial charge in [-0.05, 0) is 32.1 Å². The van der Waals surface area contributed by atoms with Crippen molar-refractivity contribution in [2.24, 2.45) is 0 Å². The normalized spacial score (nSPS) is 11.5. The van der Waals surface area contributed by atoms with Crippen molar-refractivity contribution in [2.45, 2.75) is 182 Å². The van der Waals surface area contributed by atoms with E-state index in [1.807, 2.05) is 0 Å². The third-order valence-corrected chi connectivity index (χ3v) is 7.35. The summed E-state index contributed by atoms with van der Waals surface area (Å²) in [5.74, 6) is 1.61. The maximum absolute atomic E-state index is 2.60. The van der Waals surface area contributed by atoms with Gasteiger partial charge in [0.05, 0.1) is 13.1 Å². The average molecular weight is 462 g/mol. The molecule has 0 aliphatic heterocycles. The molecular weight excluding hydrogens is 400 g/mol. The van der Waals surface area contributed by atoms with E-state index in [0.29, 0.717) is 0 Å². The zero-order valence-corrected chi connectivity index (χ0v) is 23.2. The molecule has 33 heavy (non-hydrogen) atoms. The number of aromatic nitrogens is 2. The van der Waals surface area contributed by atoms with E-state index in [-0.39, 0.29) is 0 Å². The van der Waals surface area contributed by atoms with Crippen molar-refractivity contribution < 1.29 is 4.57 Å². The zero-order chi connectivity index (χ0) is 23.8. The monoisotopic (exact) mass is 461 g/mol. The van der Waals surface area contributed by atoms with Crippen LogP contribution in [-0.2, 0) is 19.5 Å². The summed E-state index contributed by atoms with van der Waals surface area (Å²) in [6.45, 7) is 9.37. The van der Waals surface area contributed by atoms with E-state index in [1.165, 1.54) is 161 Å². The van der Waals surface area contributed by atoms with Gasteiger partial charge in [0.25, 0.3) is 5.82 Å². The van der Waals surface area contributed by atoms with E-state index >= 15 is 0 Å². The van der Waals surface area contributed by atoms with Crippen LogP contribution < -0.4 is 4.57 Å². The van der Waals surface area contributed by atoms with Crippen molar-refractivity contribution >= 4 is 0 Å². The Labute approximate surface area is 208 Å². The Hall–Kier alpha value is -0.790. The number of hydrogen-bond donors (Lipinski definition) is 0. The van der Waals surface area contributed by atoms with E-state index in [4.69, 9.17) is 0 Å². The summed E-state index contributed by atoms with van der Waals surface area (Å²) in [7, 11) is 0. The molecule has 0 unspecified atom stereocenters. The molecule has 0 radical (unpaired) electrons.